The Labute approximate surface area is 76.3 Å². The highest BCUT2D eigenvalue weighted by Gasteiger charge is 2.13. The Bertz CT molecular complexity index is 99.9. The highest BCUT2D eigenvalue weighted by atomic mass is 15.3. The molecular formula is C9H23N3. The zero-order valence-electron chi connectivity index (χ0n) is 8.80. The Hall–Kier alpha value is -0.120. The van der Waals surface area contributed by atoms with Crippen LogP contribution in [0.1, 0.15) is 27.7 Å². The summed E-state index contributed by atoms with van der Waals surface area (Å²) >= 11 is 0. The Balaban J connectivity index is 3.92. The van der Waals surface area contributed by atoms with Crippen LogP contribution in [0.2, 0.25) is 0 Å². The van der Waals surface area contributed by atoms with Crippen molar-refractivity contribution in [3.05, 3.63) is 0 Å². The first kappa shape index (κ1) is 11.9. The average Bonchev–Trinajstić information content (AvgIpc) is 2.04. The van der Waals surface area contributed by atoms with E-state index >= 15 is 0 Å². The fourth-order valence-electron chi connectivity index (χ4n) is 1.37. The van der Waals surface area contributed by atoms with Crippen molar-refractivity contribution >= 4 is 0 Å². The summed E-state index contributed by atoms with van der Waals surface area (Å²) in [6.45, 7) is 11.4. The first-order valence-corrected chi connectivity index (χ1v) is 4.85. The van der Waals surface area contributed by atoms with Gasteiger partial charge >= 0.3 is 0 Å². The van der Waals surface area contributed by atoms with E-state index < -0.39 is 0 Å². The van der Waals surface area contributed by atoms with Crippen molar-refractivity contribution < 1.29 is 0 Å². The van der Waals surface area contributed by atoms with Gasteiger partial charge in [0.25, 0.3) is 0 Å². The standard InChI is InChI=1S/C9H23N3/c1-5-12(6-2)9(7-10)11-8(3)4/h8-9,11H,5-7,10H2,1-4H3. The number of nitrogens with two attached hydrogens (primary N) is 1. The number of nitrogens with zero attached hydrogens (tertiary/aromatic N) is 1. The third-order valence-corrected chi connectivity index (χ3v) is 2.00. The Morgan fingerprint density at radius 2 is 1.75 bits per heavy atom. The van der Waals surface area contributed by atoms with Gasteiger partial charge in [0.2, 0.25) is 0 Å². The molecule has 1 atom stereocenters. The second kappa shape index (κ2) is 6.40. The molecule has 0 aromatic carbocycles. The molecule has 1 unspecified atom stereocenters. The van der Waals surface area contributed by atoms with E-state index in [2.05, 4.69) is 37.9 Å². The molecular weight excluding hydrogens is 150 g/mol. The molecule has 0 radical (unpaired) electrons. The van der Waals surface area contributed by atoms with Crippen LogP contribution in [0, 0.1) is 0 Å². The predicted molar refractivity (Wildman–Crippen MR) is 54.0 cm³/mol. The lowest BCUT2D eigenvalue weighted by molar-refractivity contribution is 0.177. The molecule has 0 fully saturated rings. The van der Waals surface area contributed by atoms with Crippen LogP contribution in [0.4, 0.5) is 0 Å². The molecule has 0 amide bonds. The Kier molecular flexibility index (Phi) is 6.34. The van der Waals surface area contributed by atoms with E-state index in [4.69, 9.17) is 5.73 Å². The highest BCUT2D eigenvalue weighted by molar-refractivity contribution is 4.70. The molecule has 0 saturated heterocycles. The normalized spacial score (nSPS) is 14.2. The maximum absolute atomic E-state index is 5.67. The molecule has 0 spiro atoms. The van der Waals surface area contributed by atoms with Gasteiger partial charge in [0.15, 0.2) is 0 Å². The third kappa shape index (κ3) is 4.04. The minimum Gasteiger partial charge on any atom is -0.328 e. The van der Waals surface area contributed by atoms with Crippen LogP contribution in [-0.4, -0.2) is 36.7 Å². The first-order valence-electron chi connectivity index (χ1n) is 4.85. The molecule has 74 valence electrons. The molecule has 0 aromatic rings. The lowest BCUT2D eigenvalue weighted by atomic mass is 10.3. The topological polar surface area (TPSA) is 41.3 Å². The van der Waals surface area contributed by atoms with E-state index in [0.29, 0.717) is 18.8 Å². The average molecular weight is 173 g/mol. The lowest BCUT2D eigenvalue weighted by Crippen LogP contribution is -2.52. The molecule has 0 aliphatic heterocycles. The van der Waals surface area contributed by atoms with Crippen LogP contribution >= 0.6 is 0 Å². The summed E-state index contributed by atoms with van der Waals surface area (Å²) < 4.78 is 0. The van der Waals surface area contributed by atoms with Crippen molar-refractivity contribution in [2.45, 2.75) is 39.9 Å². The van der Waals surface area contributed by atoms with E-state index in [9.17, 15) is 0 Å². The summed E-state index contributed by atoms with van der Waals surface area (Å²) in [6, 6.07) is 0.499. The number of nitrogens with one attached hydrogen (secondary N) is 1. The van der Waals surface area contributed by atoms with Crippen molar-refractivity contribution in [1.29, 1.82) is 0 Å². The molecule has 0 aliphatic carbocycles. The second-order valence-electron chi connectivity index (χ2n) is 3.29. The molecule has 3 nitrogen and oxygen atoms in total. The smallest absolute Gasteiger partial charge is 0.0725 e. The number of hydrogen-bond acceptors (Lipinski definition) is 3. The first-order chi connectivity index (χ1) is 5.65. The molecule has 0 rings (SSSR count). The largest absolute Gasteiger partial charge is 0.328 e. The summed E-state index contributed by atoms with van der Waals surface area (Å²) in [4.78, 5) is 2.33. The maximum atomic E-state index is 5.67. The minimum absolute atomic E-state index is 0.333. The van der Waals surface area contributed by atoms with Crippen LogP contribution < -0.4 is 11.1 Å². The molecule has 0 aromatic heterocycles. The van der Waals surface area contributed by atoms with E-state index in [1.54, 1.807) is 0 Å². The van der Waals surface area contributed by atoms with Crippen molar-refractivity contribution in [1.82, 2.24) is 10.2 Å². The van der Waals surface area contributed by atoms with Gasteiger partial charge in [-0.05, 0) is 26.9 Å². The van der Waals surface area contributed by atoms with E-state index in [1.807, 2.05) is 0 Å². The Morgan fingerprint density at radius 1 is 1.25 bits per heavy atom. The van der Waals surface area contributed by atoms with Crippen LogP contribution in [-0.2, 0) is 0 Å². The van der Waals surface area contributed by atoms with Crippen LogP contribution in [0.15, 0.2) is 0 Å². The molecule has 3 heteroatoms. The molecule has 3 N–H and O–H groups in total. The lowest BCUT2D eigenvalue weighted by Gasteiger charge is -2.30. The van der Waals surface area contributed by atoms with E-state index in [0.717, 1.165) is 13.1 Å². The molecule has 0 saturated carbocycles. The van der Waals surface area contributed by atoms with Crippen molar-refractivity contribution in [2.24, 2.45) is 5.73 Å². The quantitative estimate of drug-likeness (QED) is 0.578. The number of rotatable bonds is 6. The van der Waals surface area contributed by atoms with Gasteiger partial charge in [0.1, 0.15) is 0 Å². The second-order valence-corrected chi connectivity index (χ2v) is 3.29. The van der Waals surface area contributed by atoms with Gasteiger partial charge in [-0.15, -0.1) is 0 Å². The van der Waals surface area contributed by atoms with Gasteiger partial charge in [-0.3, -0.25) is 10.2 Å². The monoisotopic (exact) mass is 173 g/mol. The van der Waals surface area contributed by atoms with Crippen molar-refractivity contribution in [3.8, 4) is 0 Å². The summed E-state index contributed by atoms with van der Waals surface area (Å²) in [5.41, 5.74) is 5.67. The fourth-order valence-corrected chi connectivity index (χ4v) is 1.37. The fraction of sp³-hybridized carbons (Fsp3) is 1.00. The van der Waals surface area contributed by atoms with Crippen molar-refractivity contribution in [3.63, 3.8) is 0 Å². The van der Waals surface area contributed by atoms with E-state index in [1.165, 1.54) is 0 Å². The van der Waals surface area contributed by atoms with Crippen LogP contribution in [0.3, 0.4) is 0 Å². The third-order valence-electron chi connectivity index (χ3n) is 2.00. The van der Waals surface area contributed by atoms with Gasteiger partial charge < -0.3 is 5.73 Å². The number of hydrogen-bond donors (Lipinski definition) is 2. The minimum atomic E-state index is 0.333. The highest BCUT2D eigenvalue weighted by Crippen LogP contribution is 1.95. The van der Waals surface area contributed by atoms with Gasteiger partial charge in [0.05, 0.1) is 6.17 Å². The van der Waals surface area contributed by atoms with Gasteiger partial charge in [-0.1, -0.05) is 13.8 Å². The summed E-state index contributed by atoms with van der Waals surface area (Å²) in [5, 5.41) is 3.43. The molecule has 0 aliphatic rings. The SMILES string of the molecule is CCN(CC)C(CN)NC(C)C. The van der Waals surface area contributed by atoms with Crippen molar-refractivity contribution in [2.75, 3.05) is 19.6 Å². The summed E-state index contributed by atoms with van der Waals surface area (Å²) in [5.74, 6) is 0. The molecule has 0 heterocycles. The summed E-state index contributed by atoms with van der Waals surface area (Å²) in [7, 11) is 0. The van der Waals surface area contributed by atoms with Gasteiger partial charge in [-0.25, -0.2) is 0 Å². The zero-order chi connectivity index (χ0) is 9.56. The van der Waals surface area contributed by atoms with Gasteiger partial charge in [-0.2, -0.15) is 0 Å². The van der Waals surface area contributed by atoms with Crippen LogP contribution in [0.25, 0.3) is 0 Å². The predicted octanol–water partition coefficient (Wildman–Crippen LogP) is 0.611. The Morgan fingerprint density at radius 3 is 2.00 bits per heavy atom. The van der Waals surface area contributed by atoms with Crippen LogP contribution in [0.5, 0.6) is 0 Å². The van der Waals surface area contributed by atoms with Gasteiger partial charge in [0, 0.05) is 12.6 Å². The molecule has 0 bridgehead atoms. The zero-order valence-corrected chi connectivity index (χ0v) is 8.80. The number of likely N-dealkylation sites (N-methyl/N-ethyl adjacent to an activating group) is 1. The van der Waals surface area contributed by atoms with E-state index in [-0.39, 0.29) is 0 Å². The molecule has 12 heavy (non-hydrogen) atoms. The summed E-state index contributed by atoms with van der Waals surface area (Å²) in [6.07, 6.45) is 0.333. The maximum Gasteiger partial charge on any atom is 0.0725 e.